The van der Waals surface area contributed by atoms with Crippen molar-refractivity contribution < 1.29 is 18.0 Å². The number of nitrogens with zero attached hydrogens (tertiary/aromatic N) is 5. The minimum absolute atomic E-state index is 0.0962. The molecule has 3 aromatic carbocycles. The normalized spacial score (nSPS) is 18.7. The molecular weight excluding hydrogens is 595 g/mol. The molecule has 2 saturated heterocycles. The molecule has 6 rings (SSSR count). The molecule has 0 aliphatic carbocycles. The largest absolute Gasteiger partial charge is 0.418 e. The van der Waals surface area contributed by atoms with Crippen molar-refractivity contribution in [2.45, 2.75) is 25.6 Å². The Bertz CT molecular complexity index is 1550. The zero-order valence-corrected chi connectivity index (χ0v) is 24.1. The maximum Gasteiger partial charge on any atom is 0.418 e. The first-order valence-electron chi connectivity index (χ1n) is 13.9. The topological polar surface area (TPSA) is 44.6 Å². The second-order valence-electron chi connectivity index (χ2n) is 10.7. The van der Waals surface area contributed by atoms with Gasteiger partial charge in [0.2, 0.25) is 5.91 Å². The van der Waals surface area contributed by atoms with E-state index in [0.717, 1.165) is 52.5 Å². The molecule has 0 unspecified atom stereocenters. The number of imidazole rings is 1. The summed E-state index contributed by atoms with van der Waals surface area (Å²) < 4.78 is 43.8. The predicted octanol–water partition coefficient (Wildman–Crippen LogP) is 6.37. The smallest absolute Gasteiger partial charge is 0.367 e. The summed E-state index contributed by atoms with van der Waals surface area (Å²) in [5.74, 6) is 0.884. The average Bonchev–Trinajstić information content (AvgIpc) is 3.34. The average molecular weight is 627 g/mol. The van der Waals surface area contributed by atoms with Crippen LogP contribution in [0, 0.1) is 5.92 Å². The van der Waals surface area contributed by atoms with Gasteiger partial charge in [0.1, 0.15) is 5.82 Å². The maximum atomic E-state index is 13.6. The van der Waals surface area contributed by atoms with Crippen LogP contribution in [0.25, 0.3) is 16.7 Å². The lowest BCUT2D eigenvalue weighted by molar-refractivity contribution is -0.139. The van der Waals surface area contributed by atoms with Gasteiger partial charge in [-0.2, -0.15) is 13.2 Å². The van der Waals surface area contributed by atoms with E-state index in [1.165, 1.54) is 12.1 Å². The summed E-state index contributed by atoms with van der Waals surface area (Å²) in [7, 11) is 0. The van der Waals surface area contributed by atoms with E-state index in [1.54, 1.807) is 11.0 Å². The minimum atomic E-state index is -4.41. The molecule has 0 bridgehead atoms. The van der Waals surface area contributed by atoms with Gasteiger partial charge in [-0.25, -0.2) is 4.98 Å². The van der Waals surface area contributed by atoms with E-state index in [0.29, 0.717) is 39.3 Å². The molecule has 0 saturated carbocycles. The summed E-state index contributed by atoms with van der Waals surface area (Å²) in [5, 5.41) is 0. The molecule has 0 N–H and O–H groups in total. The highest BCUT2D eigenvalue weighted by Crippen LogP contribution is 2.37. The van der Waals surface area contributed by atoms with Gasteiger partial charge in [-0.15, -0.1) is 0 Å². The molecule has 10 heteroatoms. The molecule has 6 nitrogen and oxygen atoms in total. The number of carbonyl (C=O) groups excluding carboxylic acids is 1. The molecule has 1 amide bonds. The Balaban J connectivity index is 1.14. The Morgan fingerprint density at radius 2 is 1.68 bits per heavy atom. The number of benzene rings is 3. The number of para-hydroxylation sites is 3. The number of hydrogen-bond acceptors (Lipinski definition) is 4. The Labute approximate surface area is 245 Å². The molecule has 2 aliphatic heterocycles. The molecule has 3 heterocycles. The monoisotopic (exact) mass is 625 g/mol. The van der Waals surface area contributed by atoms with Crippen molar-refractivity contribution in [2.24, 2.45) is 5.92 Å². The molecular formula is C31H31BrF3N5O. The Morgan fingerprint density at radius 3 is 2.46 bits per heavy atom. The molecule has 214 valence electrons. The van der Waals surface area contributed by atoms with Crippen molar-refractivity contribution in [1.29, 1.82) is 0 Å². The van der Waals surface area contributed by atoms with Gasteiger partial charge >= 0.3 is 6.18 Å². The first-order valence-corrected chi connectivity index (χ1v) is 14.7. The van der Waals surface area contributed by atoms with Crippen LogP contribution < -0.4 is 4.90 Å². The standard InChI is InChI=1S/C31H31BrF3N5O/c32-23-8-5-9-24(19-23)40-28-13-4-2-11-26(28)36-29(40)21-37-14-6-7-22(20-37)30(41)39-17-15-38(16-18-39)27-12-3-1-10-25(27)31(33,34)35/h1-5,8-13,19,22H,6-7,14-18,20-21H2/t22-/m1/s1. The van der Waals surface area contributed by atoms with Crippen LogP contribution in [0.4, 0.5) is 18.9 Å². The van der Waals surface area contributed by atoms with Crippen LogP contribution in [0.5, 0.6) is 0 Å². The first kappa shape index (κ1) is 27.8. The number of halogens is 4. The third-order valence-electron chi connectivity index (χ3n) is 8.06. The highest BCUT2D eigenvalue weighted by atomic mass is 79.9. The summed E-state index contributed by atoms with van der Waals surface area (Å²) in [6.45, 7) is 3.73. The second kappa shape index (κ2) is 11.5. The number of carbonyl (C=O) groups is 1. The number of hydrogen-bond donors (Lipinski definition) is 0. The highest BCUT2D eigenvalue weighted by Gasteiger charge is 2.36. The molecule has 1 atom stereocenters. The summed E-state index contributed by atoms with van der Waals surface area (Å²) in [4.78, 5) is 24.4. The lowest BCUT2D eigenvalue weighted by Crippen LogP contribution is -2.52. The van der Waals surface area contributed by atoms with E-state index in [9.17, 15) is 18.0 Å². The van der Waals surface area contributed by atoms with Crippen molar-refractivity contribution in [3.8, 4) is 5.69 Å². The predicted molar refractivity (Wildman–Crippen MR) is 157 cm³/mol. The molecule has 0 radical (unpaired) electrons. The van der Waals surface area contributed by atoms with Gasteiger partial charge in [-0.1, -0.05) is 46.3 Å². The first-order chi connectivity index (χ1) is 19.8. The van der Waals surface area contributed by atoms with Crippen molar-refractivity contribution in [1.82, 2.24) is 19.4 Å². The number of rotatable bonds is 5. The van der Waals surface area contributed by atoms with E-state index in [2.05, 4.69) is 43.6 Å². The third-order valence-corrected chi connectivity index (χ3v) is 8.55. The number of likely N-dealkylation sites (tertiary alicyclic amines) is 1. The number of piperazine rings is 1. The minimum Gasteiger partial charge on any atom is -0.367 e. The van der Waals surface area contributed by atoms with Gasteiger partial charge in [-0.3, -0.25) is 14.3 Å². The number of alkyl halides is 3. The SMILES string of the molecule is O=C([C@@H]1CCCN(Cc2nc3ccccc3n2-c2cccc(Br)c2)C1)N1CCN(c2ccccc2C(F)(F)F)CC1. The van der Waals surface area contributed by atoms with E-state index in [4.69, 9.17) is 4.98 Å². The number of piperidine rings is 1. The number of aromatic nitrogens is 2. The highest BCUT2D eigenvalue weighted by molar-refractivity contribution is 9.10. The molecule has 1 aromatic heterocycles. The summed E-state index contributed by atoms with van der Waals surface area (Å²) in [5.41, 5.74) is 2.55. The van der Waals surface area contributed by atoms with Crippen molar-refractivity contribution in [3.05, 3.63) is 88.7 Å². The van der Waals surface area contributed by atoms with E-state index in [1.807, 2.05) is 35.2 Å². The zero-order valence-electron chi connectivity index (χ0n) is 22.5. The quantitative estimate of drug-likeness (QED) is 0.259. The number of anilines is 1. The van der Waals surface area contributed by atoms with Gasteiger partial charge in [0.25, 0.3) is 0 Å². The molecule has 2 aliphatic rings. The van der Waals surface area contributed by atoms with Crippen LogP contribution in [0.1, 0.15) is 24.2 Å². The molecule has 4 aromatic rings. The lowest BCUT2D eigenvalue weighted by Gasteiger charge is -2.40. The van der Waals surface area contributed by atoms with E-state index >= 15 is 0 Å². The molecule has 41 heavy (non-hydrogen) atoms. The van der Waals surface area contributed by atoms with Gasteiger partial charge in [0.15, 0.2) is 0 Å². The van der Waals surface area contributed by atoms with E-state index < -0.39 is 11.7 Å². The summed E-state index contributed by atoms with van der Waals surface area (Å²) in [6.07, 6.45) is -2.69. The molecule has 2 fully saturated rings. The molecule has 0 spiro atoms. The van der Waals surface area contributed by atoms with Gasteiger partial charge in [-0.05, 0) is 61.9 Å². The Morgan fingerprint density at radius 1 is 0.927 bits per heavy atom. The number of fused-ring (bicyclic) bond motifs is 1. The van der Waals surface area contributed by atoms with Crippen molar-refractivity contribution in [3.63, 3.8) is 0 Å². The van der Waals surface area contributed by atoms with Crippen molar-refractivity contribution in [2.75, 3.05) is 44.2 Å². The fraction of sp³-hybridized carbons (Fsp3) is 0.355. The Hall–Kier alpha value is -3.37. The van der Waals surface area contributed by atoms with Crippen LogP contribution in [-0.2, 0) is 17.5 Å². The third kappa shape index (κ3) is 5.85. The fourth-order valence-electron chi connectivity index (χ4n) is 6.10. The Kier molecular flexibility index (Phi) is 7.78. The fourth-order valence-corrected chi connectivity index (χ4v) is 6.49. The van der Waals surface area contributed by atoms with Gasteiger partial charge < -0.3 is 9.80 Å². The summed E-state index contributed by atoms with van der Waals surface area (Å²) in [6, 6.07) is 21.9. The second-order valence-corrected chi connectivity index (χ2v) is 11.6. The van der Waals surface area contributed by atoms with Crippen LogP contribution in [0.3, 0.4) is 0 Å². The number of amides is 1. The van der Waals surface area contributed by atoms with Crippen LogP contribution in [0.15, 0.2) is 77.3 Å². The van der Waals surface area contributed by atoms with Crippen LogP contribution >= 0.6 is 15.9 Å². The van der Waals surface area contributed by atoms with Crippen molar-refractivity contribution >= 4 is 38.6 Å². The maximum absolute atomic E-state index is 13.6. The van der Waals surface area contributed by atoms with E-state index in [-0.39, 0.29) is 17.5 Å². The van der Waals surface area contributed by atoms with Gasteiger partial charge in [0, 0.05) is 48.6 Å². The van der Waals surface area contributed by atoms with Gasteiger partial charge in [0.05, 0.1) is 29.1 Å². The lowest BCUT2D eigenvalue weighted by atomic mass is 9.96. The summed E-state index contributed by atoms with van der Waals surface area (Å²) >= 11 is 3.59. The van der Waals surface area contributed by atoms with Crippen LogP contribution in [-0.4, -0.2) is 64.5 Å². The van der Waals surface area contributed by atoms with Crippen LogP contribution in [0.2, 0.25) is 0 Å². The zero-order chi connectivity index (χ0) is 28.6.